The normalized spacial score (nSPS) is 19.9. The maximum absolute atomic E-state index is 12.5. The van der Waals surface area contributed by atoms with Crippen molar-refractivity contribution >= 4 is 46.2 Å². The maximum atomic E-state index is 12.5. The molecule has 0 aromatic heterocycles. The molecule has 0 bridgehead atoms. The fraction of sp³-hybridized carbons (Fsp3) is 0.0625. The van der Waals surface area contributed by atoms with Crippen molar-refractivity contribution in [3.05, 3.63) is 70.3 Å². The van der Waals surface area contributed by atoms with Gasteiger partial charge in [-0.25, -0.2) is 0 Å². The maximum Gasteiger partial charge on any atom is 0.276 e. The monoisotopic (exact) mass is 360 g/mol. The van der Waals surface area contributed by atoms with Gasteiger partial charge in [0, 0.05) is 10.2 Å². The Morgan fingerprint density at radius 3 is 2.43 bits per heavy atom. The molecule has 0 radical (unpaired) electrons. The molecule has 0 unspecified atom stereocenters. The van der Waals surface area contributed by atoms with Crippen molar-refractivity contribution in [1.29, 1.82) is 0 Å². The van der Waals surface area contributed by atoms with Gasteiger partial charge in [0.1, 0.15) is 5.70 Å². The fourth-order valence-electron chi connectivity index (χ4n) is 2.18. The summed E-state index contributed by atoms with van der Waals surface area (Å²) in [6.45, 7) is 0. The van der Waals surface area contributed by atoms with E-state index in [0.29, 0.717) is 5.70 Å². The van der Waals surface area contributed by atoms with Crippen molar-refractivity contribution in [3.8, 4) is 0 Å². The molecule has 1 atom stereocenters. The van der Waals surface area contributed by atoms with E-state index in [-0.39, 0.29) is 11.4 Å². The highest BCUT2D eigenvalue weighted by atomic mass is 79.9. The lowest BCUT2D eigenvalue weighted by Gasteiger charge is -2.19. The first kappa shape index (κ1) is 14.2. The lowest BCUT2D eigenvalue weighted by molar-refractivity contribution is -0.114. The van der Waals surface area contributed by atoms with Gasteiger partial charge in [-0.05, 0) is 35.9 Å². The molecule has 21 heavy (non-hydrogen) atoms. The Bertz CT molecular complexity index is 685. The van der Waals surface area contributed by atoms with Gasteiger partial charge in [0.15, 0.2) is 5.50 Å². The van der Waals surface area contributed by atoms with E-state index in [9.17, 15) is 4.79 Å². The zero-order chi connectivity index (χ0) is 14.8. The molecule has 1 saturated heterocycles. The fourth-order valence-corrected chi connectivity index (χ4v) is 2.82. The summed E-state index contributed by atoms with van der Waals surface area (Å²) in [4.78, 5) is 14.2. The molecular formula is C16H13BrN2OS. The van der Waals surface area contributed by atoms with E-state index in [1.165, 1.54) is 0 Å². The number of carbonyl (C=O) groups excluding carboxylic acids is 1. The smallest absolute Gasteiger partial charge is 0.276 e. The van der Waals surface area contributed by atoms with Gasteiger partial charge in [0.2, 0.25) is 0 Å². The van der Waals surface area contributed by atoms with Gasteiger partial charge >= 0.3 is 0 Å². The molecule has 1 aliphatic heterocycles. The highest BCUT2D eigenvalue weighted by Crippen LogP contribution is 2.26. The Morgan fingerprint density at radius 2 is 1.76 bits per heavy atom. The van der Waals surface area contributed by atoms with Gasteiger partial charge in [-0.3, -0.25) is 9.69 Å². The van der Waals surface area contributed by atoms with Crippen LogP contribution in [0, 0.1) is 0 Å². The number of thiol groups is 1. The van der Waals surface area contributed by atoms with Crippen molar-refractivity contribution in [2.24, 2.45) is 0 Å². The topological polar surface area (TPSA) is 32.3 Å². The molecule has 5 heteroatoms. The van der Waals surface area contributed by atoms with E-state index in [1.807, 2.05) is 60.7 Å². The van der Waals surface area contributed by atoms with E-state index >= 15 is 0 Å². The van der Waals surface area contributed by atoms with Crippen LogP contribution in [0.1, 0.15) is 5.56 Å². The number of para-hydroxylation sites is 1. The summed E-state index contributed by atoms with van der Waals surface area (Å²) in [5.41, 5.74) is 1.97. The third kappa shape index (κ3) is 2.99. The predicted octanol–water partition coefficient (Wildman–Crippen LogP) is 3.64. The molecule has 2 aromatic carbocycles. The summed E-state index contributed by atoms with van der Waals surface area (Å²) >= 11 is 7.84. The molecule has 106 valence electrons. The molecule has 1 heterocycles. The largest absolute Gasteiger partial charge is 0.352 e. The van der Waals surface area contributed by atoms with Gasteiger partial charge in [-0.2, -0.15) is 0 Å². The van der Waals surface area contributed by atoms with Crippen LogP contribution in [0.4, 0.5) is 5.69 Å². The molecule has 3 rings (SSSR count). The lowest BCUT2D eigenvalue weighted by atomic mass is 10.2. The Labute approximate surface area is 137 Å². The number of anilines is 1. The minimum atomic E-state index is -0.360. The minimum Gasteiger partial charge on any atom is -0.352 e. The van der Waals surface area contributed by atoms with E-state index in [1.54, 1.807) is 4.90 Å². The molecule has 0 saturated carbocycles. The number of carbonyl (C=O) groups is 1. The molecule has 2 aromatic rings. The quantitative estimate of drug-likeness (QED) is 0.632. The van der Waals surface area contributed by atoms with Crippen LogP contribution in [0.2, 0.25) is 0 Å². The van der Waals surface area contributed by atoms with Crippen LogP contribution in [0.15, 0.2) is 64.8 Å². The summed E-state index contributed by atoms with van der Waals surface area (Å²) in [5.74, 6) is -0.0795. The van der Waals surface area contributed by atoms with Crippen LogP contribution in [-0.4, -0.2) is 11.4 Å². The molecule has 0 spiro atoms. The van der Waals surface area contributed by atoms with Crippen molar-refractivity contribution in [2.45, 2.75) is 5.50 Å². The molecular weight excluding hydrogens is 348 g/mol. The highest BCUT2D eigenvalue weighted by molar-refractivity contribution is 9.10. The van der Waals surface area contributed by atoms with Crippen LogP contribution in [0.25, 0.3) is 6.08 Å². The second-order valence-corrected chi connectivity index (χ2v) is 6.04. The summed E-state index contributed by atoms with van der Waals surface area (Å²) in [6.07, 6.45) is 1.83. The Hall–Kier alpha value is -1.72. The molecule has 3 nitrogen and oxygen atoms in total. The number of halogens is 1. The van der Waals surface area contributed by atoms with Crippen molar-refractivity contribution in [2.75, 3.05) is 4.90 Å². The van der Waals surface area contributed by atoms with Gasteiger partial charge in [0.05, 0.1) is 0 Å². The summed E-state index contributed by atoms with van der Waals surface area (Å²) < 4.78 is 1.01. The number of rotatable bonds is 2. The average Bonchev–Trinajstić information content (AvgIpc) is 2.77. The van der Waals surface area contributed by atoms with Crippen LogP contribution in [0.3, 0.4) is 0 Å². The first-order valence-corrected chi connectivity index (χ1v) is 7.76. The molecule has 1 fully saturated rings. The zero-order valence-corrected chi connectivity index (χ0v) is 13.5. The Kier molecular flexibility index (Phi) is 4.03. The highest BCUT2D eigenvalue weighted by Gasteiger charge is 2.33. The van der Waals surface area contributed by atoms with E-state index in [0.717, 1.165) is 15.7 Å². The van der Waals surface area contributed by atoms with Crippen LogP contribution in [0.5, 0.6) is 0 Å². The van der Waals surface area contributed by atoms with Crippen LogP contribution >= 0.6 is 28.6 Å². The van der Waals surface area contributed by atoms with Crippen molar-refractivity contribution in [1.82, 2.24) is 5.32 Å². The van der Waals surface area contributed by atoms with Gasteiger partial charge < -0.3 is 5.32 Å². The Balaban J connectivity index is 1.90. The predicted molar refractivity (Wildman–Crippen MR) is 92.0 cm³/mol. The third-order valence-corrected chi connectivity index (χ3v) is 4.08. The summed E-state index contributed by atoms with van der Waals surface area (Å²) in [7, 11) is 0. The van der Waals surface area contributed by atoms with Gasteiger partial charge in [-0.15, -0.1) is 12.6 Å². The molecule has 1 amide bonds. The second-order valence-electron chi connectivity index (χ2n) is 4.64. The number of benzene rings is 2. The molecule has 1 aliphatic rings. The summed E-state index contributed by atoms with van der Waals surface area (Å²) in [5, 5.41) is 3.11. The zero-order valence-electron chi connectivity index (χ0n) is 11.0. The van der Waals surface area contributed by atoms with Gasteiger partial charge in [0.25, 0.3) is 5.91 Å². The second kappa shape index (κ2) is 5.95. The van der Waals surface area contributed by atoms with E-state index in [2.05, 4.69) is 33.9 Å². The van der Waals surface area contributed by atoms with Crippen molar-refractivity contribution in [3.63, 3.8) is 0 Å². The van der Waals surface area contributed by atoms with E-state index < -0.39 is 0 Å². The minimum absolute atomic E-state index is 0.0795. The first-order valence-electron chi connectivity index (χ1n) is 6.45. The average molecular weight is 361 g/mol. The number of amides is 1. The number of nitrogens with one attached hydrogen (secondary N) is 1. The number of nitrogens with zero attached hydrogens (tertiary/aromatic N) is 1. The van der Waals surface area contributed by atoms with Crippen LogP contribution < -0.4 is 10.2 Å². The standard InChI is InChI=1S/C16H13BrN2OS/c17-12-8-6-11(7-9-12)10-14-15(20)19(16(21)18-14)13-4-2-1-3-5-13/h1-10,16,18,21H/b14-10-/t16-/m1/s1. The third-order valence-electron chi connectivity index (χ3n) is 3.19. The first-order chi connectivity index (χ1) is 10.1. The number of hydrogen-bond donors (Lipinski definition) is 2. The van der Waals surface area contributed by atoms with Crippen molar-refractivity contribution < 1.29 is 4.79 Å². The lowest BCUT2D eigenvalue weighted by Crippen LogP contribution is -2.32. The SMILES string of the molecule is O=C1/C(=C/c2ccc(Br)cc2)N[C@@H](S)N1c1ccccc1. The van der Waals surface area contributed by atoms with Gasteiger partial charge in [-0.1, -0.05) is 46.3 Å². The molecule has 1 N–H and O–H groups in total. The molecule has 0 aliphatic carbocycles. The van der Waals surface area contributed by atoms with E-state index in [4.69, 9.17) is 0 Å². The Morgan fingerprint density at radius 1 is 1.10 bits per heavy atom. The van der Waals surface area contributed by atoms with Crippen LogP contribution in [-0.2, 0) is 4.79 Å². The number of hydrogen-bond acceptors (Lipinski definition) is 3. The summed E-state index contributed by atoms with van der Waals surface area (Å²) in [6, 6.07) is 17.3.